The first-order valence-electron chi connectivity index (χ1n) is 6.63. The topological polar surface area (TPSA) is 75.3 Å². The molecule has 2 aromatic heterocycles. The predicted molar refractivity (Wildman–Crippen MR) is 72.2 cm³/mol. The number of H-pyrrole nitrogens is 1. The number of nitrogens with one attached hydrogen (secondary N) is 1. The summed E-state index contributed by atoms with van der Waals surface area (Å²) in [7, 11) is 0. The minimum absolute atomic E-state index is 0.134. The third kappa shape index (κ3) is 2.49. The van der Waals surface area contributed by atoms with Crippen molar-refractivity contribution in [2.75, 3.05) is 19.7 Å². The monoisotopic (exact) mass is 273 g/mol. The first-order valence-corrected chi connectivity index (χ1v) is 6.63. The highest BCUT2D eigenvalue weighted by Gasteiger charge is 2.20. The second-order valence-electron chi connectivity index (χ2n) is 4.79. The molecule has 1 N–H and O–H groups in total. The van der Waals surface area contributed by atoms with Crippen molar-refractivity contribution in [2.24, 2.45) is 0 Å². The zero-order chi connectivity index (χ0) is 13.9. The Labute approximate surface area is 115 Å². The van der Waals surface area contributed by atoms with Crippen molar-refractivity contribution >= 4 is 22.9 Å². The molecule has 0 atom stereocenters. The lowest BCUT2D eigenvalue weighted by Crippen LogP contribution is -2.32. The van der Waals surface area contributed by atoms with Crippen LogP contribution >= 0.6 is 0 Å². The first-order chi connectivity index (χ1) is 9.74. The molecule has 2 aromatic rings. The van der Waals surface area contributed by atoms with E-state index in [-0.39, 0.29) is 12.5 Å². The van der Waals surface area contributed by atoms with Crippen molar-refractivity contribution in [1.29, 1.82) is 0 Å². The van der Waals surface area contributed by atoms with Crippen LogP contribution in [-0.4, -0.2) is 46.4 Å². The molecule has 104 valence electrons. The SMILES string of the molecule is O=C(OCC(=O)N1CCCC1)c1cc2cccnc2[nH]1. The van der Waals surface area contributed by atoms with E-state index in [1.54, 1.807) is 23.2 Å². The van der Waals surface area contributed by atoms with Crippen molar-refractivity contribution in [3.63, 3.8) is 0 Å². The summed E-state index contributed by atoms with van der Waals surface area (Å²) in [6.07, 6.45) is 3.69. The van der Waals surface area contributed by atoms with E-state index in [9.17, 15) is 9.59 Å². The van der Waals surface area contributed by atoms with Gasteiger partial charge in [0.1, 0.15) is 11.3 Å². The second-order valence-corrected chi connectivity index (χ2v) is 4.79. The van der Waals surface area contributed by atoms with E-state index in [2.05, 4.69) is 9.97 Å². The van der Waals surface area contributed by atoms with Crippen molar-refractivity contribution in [1.82, 2.24) is 14.9 Å². The Morgan fingerprint density at radius 2 is 2.15 bits per heavy atom. The van der Waals surface area contributed by atoms with Crippen molar-refractivity contribution in [3.8, 4) is 0 Å². The molecule has 0 saturated carbocycles. The minimum Gasteiger partial charge on any atom is -0.451 e. The van der Waals surface area contributed by atoms with Crippen LogP contribution in [0.15, 0.2) is 24.4 Å². The van der Waals surface area contributed by atoms with Crippen LogP contribution in [0.4, 0.5) is 0 Å². The smallest absolute Gasteiger partial charge is 0.355 e. The fraction of sp³-hybridized carbons (Fsp3) is 0.357. The van der Waals surface area contributed by atoms with Crippen LogP contribution in [0, 0.1) is 0 Å². The maximum absolute atomic E-state index is 11.9. The number of carbonyl (C=O) groups excluding carboxylic acids is 2. The van der Waals surface area contributed by atoms with E-state index in [1.165, 1.54) is 0 Å². The molecule has 1 aliphatic rings. The third-order valence-electron chi connectivity index (χ3n) is 3.40. The molecule has 0 unspecified atom stereocenters. The van der Waals surface area contributed by atoms with Gasteiger partial charge in [-0.05, 0) is 31.0 Å². The number of ether oxygens (including phenoxy) is 1. The molecule has 3 rings (SSSR count). The summed E-state index contributed by atoms with van der Waals surface area (Å²) >= 11 is 0. The van der Waals surface area contributed by atoms with Gasteiger partial charge in [0.05, 0.1) is 0 Å². The molecule has 6 heteroatoms. The molecule has 0 spiro atoms. The van der Waals surface area contributed by atoms with Gasteiger partial charge in [-0.3, -0.25) is 4.79 Å². The van der Waals surface area contributed by atoms with Crippen LogP contribution < -0.4 is 0 Å². The molecular weight excluding hydrogens is 258 g/mol. The highest BCUT2D eigenvalue weighted by atomic mass is 16.5. The Hall–Kier alpha value is -2.37. The highest BCUT2D eigenvalue weighted by Crippen LogP contribution is 2.13. The number of hydrogen-bond donors (Lipinski definition) is 1. The van der Waals surface area contributed by atoms with Crippen LogP contribution in [0.5, 0.6) is 0 Å². The first kappa shape index (κ1) is 12.7. The molecule has 1 fully saturated rings. The number of nitrogens with zero attached hydrogens (tertiary/aromatic N) is 2. The van der Waals surface area contributed by atoms with Crippen molar-refractivity contribution in [3.05, 3.63) is 30.1 Å². The molecule has 0 radical (unpaired) electrons. The summed E-state index contributed by atoms with van der Waals surface area (Å²) < 4.78 is 5.04. The van der Waals surface area contributed by atoms with Gasteiger partial charge >= 0.3 is 5.97 Å². The van der Waals surface area contributed by atoms with Gasteiger partial charge in [-0.25, -0.2) is 9.78 Å². The Morgan fingerprint density at radius 3 is 2.90 bits per heavy atom. The fourth-order valence-corrected chi connectivity index (χ4v) is 2.33. The van der Waals surface area contributed by atoms with Gasteiger partial charge < -0.3 is 14.6 Å². The van der Waals surface area contributed by atoms with Crippen molar-refractivity contribution < 1.29 is 14.3 Å². The van der Waals surface area contributed by atoms with Gasteiger partial charge in [0.15, 0.2) is 6.61 Å². The Bertz CT molecular complexity index is 611. The maximum Gasteiger partial charge on any atom is 0.355 e. The number of aromatic nitrogens is 2. The molecule has 0 aromatic carbocycles. The van der Waals surface area contributed by atoms with Gasteiger partial charge in [0.2, 0.25) is 0 Å². The summed E-state index contributed by atoms with van der Waals surface area (Å²) in [6.45, 7) is 1.31. The number of esters is 1. The van der Waals surface area contributed by atoms with Gasteiger partial charge in [-0.2, -0.15) is 0 Å². The molecule has 3 heterocycles. The molecule has 1 amide bonds. The molecule has 1 saturated heterocycles. The lowest BCUT2D eigenvalue weighted by Gasteiger charge is -2.14. The van der Waals surface area contributed by atoms with E-state index in [0.717, 1.165) is 31.3 Å². The molecule has 0 aliphatic carbocycles. The zero-order valence-electron chi connectivity index (χ0n) is 11.0. The van der Waals surface area contributed by atoms with Gasteiger partial charge in [-0.1, -0.05) is 0 Å². The number of likely N-dealkylation sites (tertiary alicyclic amines) is 1. The second kappa shape index (κ2) is 5.32. The molecule has 6 nitrogen and oxygen atoms in total. The number of amides is 1. The Morgan fingerprint density at radius 1 is 1.35 bits per heavy atom. The van der Waals surface area contributed by atoms with Crippen LogP contribution in [0.3, 0.4) is 0 Å². The molecule has 0 bridgehead atoms. The normalized spacial score (nSPS) is 14.7. The largest absolute Gasteiger partial charge is 0.451 e. The van der Waals surface area contributed by atoms with E-state index >= 15 is 0 Å². The zero-order valence-corrected chi connectivity index (χ0v) is 11.0. The summed E-state index contributed by atoms with van der Waals surface area (Å²) in [4.78, 5) is 32.4. The minimum atomic E-state index is -0.532. The quantitative estimate of drug-likeness (QED) is 0.856. The van der Waals surface area contributed by atoms with Gasteiger partial charge in [-0.15, -0.1) is 0 Å². The van der Waals surface area contributed by atoms with Crippen LogP contribution in [0.2, 0.25) is 0 Å². The third-order valence-corrected chi connectivity index (χ3v) is 3.40. The number of pyridine rings is 1. The highest BCUT2D eigenvalue weighted by molar-refractivity contribution is 5.94. The van der Waals surface area contributed by atoms with E-state index in [4.69, 9.17) is 4.74 Å². The van der Waals surface area contributed by atoms with Crippen LogP contribution in [-0.2, 0) is 9.53 Å². The lowest BCUT2D eigenvalue weighted by molar-refractivity contribution is -0.133. The van der Waals surface area contributed by atoms with Crippen LogP contribution in [0.1, 0.15) is 23.3 Å². The lowest BCUT2D eigenvalue weighted by atomic mass is 10.3. The number of aromatic amines is 1. The Balaban J connectivity index is 1.62. The fourth-order valence-electron chi connectivity index (χ4n) is 2.33. The summed E-state index contributed by atoms with van der Waals surface area (Å²) in [5, 5.41) is 0.838. The average Bonchev–Trinajstić information content (AvgIpc) is 3.12. The van der Waals surface area contributed by atoms with Crippen LogP contribution in [0.25, 0.3) is 11.0 Å². The van der Waals surface area contributed by atoms with E-state index in [1.807, 2.05) is 6.07 Å². The average molecular weight is 273 g/mol. The van der Waals surface area contributed by atoms with E-state index < -0.39 is 5.97 Å². The van der Waals surface area contributed by atoms with Gasteiger partial charge in [0, 0.05) is 24.7 Å². The molecular formula is C14H15N3O3. The summed E-state index contributed by atoms with van der Waals surface area (Å²) in [5.41, 5.74) is 0.943. The number of fused-ring (bicyclic) bond motifs is 1. The number of rotatable bonds is 3. The van der Waals surface area contributed by atoms with Crippen molar-refractivity contribution in [2.45, 2.75) is 12.8 Å². The summed E-state index contributed by atoms with van der Waals surface area (Å²) in [5.74, 6) is -0.666. The number of hydrogen-bond acceptors (Lipinski definition) is 4. The number of carbonyl (C=O) groups is 2. The maximum atomic E-state index is 11.9. The standard InChI is InChI=1S/C14H15N3O3/c18-12(17-6-1-2-7-17)9-20-14(19)11-8-10-4-3-5-15-13(10)16-11/h3-5,8H,1-2,6-7,9H2,(H,15,16). The predicted octanol–water partition coefficient (Wildman–Crippen LogP) is 1.34. The van der Waals surface area contributed by atoms with Gasteiger partial charge in [0.25, 0.3) is 5.91 Å². The van der Waals surface area contributed by atoms with E-state index in [0.29, 0.717) is 11.3 Å². The molecule has 1 aliphatic heterocycles. The summed E-state index contributed by atoms with van der Waals surface area (Å²) in [6, 6.07) is 5.32. The Kier molecular flexibility index (Phi) is 3.37. The molecule has 20 heavy (non-hydrogen) atoms.